The Morgan fingerprint density at radius 2 is 1.43 bits per heavy atom. The molecule has 3 nitrogen and oxygen atoms in total. The summed E-state index contributed by atoms with van der Waals surface area (Å²) in [6, 6.07) is 15.6. The van der Waals surface area contributed by atoms with Crippen LogP contribution in [0.15, 0.2) is 66.7 Å². The highest BCUT2D eigenvalue weighted by atomic mass is 19.4. The lowest BCUT2D eigenvalue weighted by atomic mass is 9.87. The third-order valence-electron chi connectivity index (χ3n) is 5.63. The maximum atomic E-state index is 14.7. The molecule has 0 unspecified atom stereocenters. The Hall–Kier alpha value is -3.27. The maximum Gasteiger partial charge on any atom is 0.419 e. The second-order valence-electron chi connectivity index (χ2n) is 9.59. The summed E-state index contributed by atoms with van der Waals surface area (Å²) in [7, 11) is 0. The summed E-state index contributed by atoms with van der Waals surface area (Å²) in [6.07, 6.45) is -12.8. The quantitative estimate of drug-likeness (QED) is 0.316. The van der Waals surface area contributed by atoms with Crippen molar-refractivity contribution in [3.05, 3.63) is 89.2 Å². The molecule has 37 heavy (non-hydrogen) atoms. The first-order valence-corrected chi connectivity index (χ1v) is 11.3. The van der Waals surface area contributed by atoms with E-state index >= 15 is 0 Å². The molecule has 0 aliphatic rings. The minimum atomic E-state index is -4.99. The molecule has 3 rings (SSSR count). The van der Waals surface area contributed by atoms with Gasteiger partial charge in [0.15, 0.2) is 6.10 Å². The first kappa shape index (κ1) is 28.3. The molecule has 0 radical (unpaired) electrons. The number of nitrogens with zero attached hydrogens (tertiary/aromatic N) is 1. The molecule has 1 N–H and O–H groups in total. The lowest BCUT2D eigenvalue weighted by molar-refractivity contribution is -0.200. The van der Waals surface area contributed by atoms with Crippen LogP contribution in [-0.4, -0.2) is 23.9 Å². The zero-order chi connectivity index (χ0) is 27.6. The van der Waals surface area contributed by atoms with Crippen LogP contribution in [0.2, 0.25) is 0 Å². The Kier molecular flexibility index (Phi) is 8.12. The molecular formula is C27H26F7NO2. The number of hydrogen-bond acceptors (Lipinski definition) is 3. The van der Waals surface area contributed by atoms with Crippen molar-refractivity contribution in [3.8, 4) is 11.5 Å². The fourth-order valence-corrected chi connectivity index (χ4v) is 3.61. The fourth-order valence-electron chi connectivity index (χ4n) is 3.61. The topological polar surface area (TPSA) is 32.7 Å². The number of aliphatic hydroxyl groups is 1. The molecule has 200 valence electrons. The van der Waals surface area contributed by atoms with Crippen molar-refractivity contribution in [1.82, 2.24) is 0 Å². The van der Waals surface area contributed by atoms with Crippen LogP contribution in [0.1, 0.15) is 37.5 Å². The Morgan fingerprint density at radius 1 is 0.838 bits per heavy atom. The van der Waals surface area contributed by atoms with Crippen LogP contribution in [-0.2, 0) is 18.1 Å². The monoisotopic (exact) mass is 529 g/mol. The van der Waals surface area contributed by atoms with Crippen molar-refractivity contribution in [3.63, 3.8) is 0 Å². The summed E-state index contributed by atoms with van der Waals surface area (Å²) >= 11 is 0. The highest BCUT2D eigenvalue weighted by molar-refractivity contribution is 5.52. The summed E-state index contributed by atoms with van der Waals surface area (Å²) in [5.41, 5.74) is -1.10. The van der Waals surface area contributed by atoms with Crippen LogP contribution in [0.5, 0.6) is 11.5 Å². The highest BCUT2D eigenvalue weighted by Crippen LogP contribution is 2.35. The number of halogens is 7. The molecule has 3 aromatic rings. The van der Waals surface area contributed by atoms with Gasteiger partial charge in [-0.1, -0.05) is 51.1 Å². The Labute approximate surface area is 210 Å². The van der Waals surface area contributed by atoms with Gasteiger partial charge in [-0.15, -0.1) is 0 Å². The van der Waals surface area contributed by atoms with Crippen LogP contribution in [0.4, 0.5) is 36.4 Å². The maximum absolute atomic E-state index is 14.7. The number of alkyl halides is 6. The predicted molar refractivity (Wildman–Crippen MR) is 126 cm³/mol. The van der Waals surface area contributed by atoms with Gasteiger partial charge in [0.2, 0.25) is 0 Å². The molecule has 0 aromatic heterocycles. The zero-order valence-corrected chi connectivity index (χ0v) is 20.3. The molecule has 0 aliphatic carbocycles. The van der Waals surface area contributed by atoms with Crippen LogP contribution in [0.3, 0.4) is 0 Å². The van der Waals surface area contributed by atoms with E-state index in [1.807, 2.05) is 32.9 Å². The summed E-state index contributed by atoms with van der Waals surface area (Å²) in [4.78, 5) is 0.954. The van der Waals surface area contributed by atoms with Gasteiger partial charge in [-0.25, -0.2) is 4.39 Å². The Bertz CT molecular complexity index is 1220. The minimum Gasteiger partial charge on any atom is -0.457 e. The van der Waals surface area contributed by atoms with Crippen molar-refractivity contribution < 1.29 is 40.6 Å². The van der Waals surface area contributed by atoms with E-state index in [-0.39, 0.29) is 16.9 Å². The number of benzene rings is 3. The molecule has 0 bridgehead atoms. The van der Waals surface area contributed by atoms with Gasteiger partial charge in [0.1, 0.15) is 17.3 Å². The van der Waals surface area contributed by atoms with Crippen molar-refractivity contribution in [2.45, 2.75) is 51.2 Å². The van der Waals surface area contributed by atoms with E-state index in [0.717, 1.165) is 22.6 Å². The lowest BCUT2D eigenvalue weighted by Gasteiger charge is -2.29. The number of hydrogen-bond donors (Lipinski definition) is 1. The van der Waals surface area contributed by atoms with E-state index in [1.165, 1.54) is 18.2 Å². The van der Waals surface area contributed by atoms with E-state index in [0.29, 0.717) is 11.8 Å². The smallest absolute Gasteiger partial charge is 0.419 e. The molecule has 0 heterocycles. The van der Waals surface area contributed by atoms with Gasteiger partial charge in [0, 0.05) is 23.9 Å². The van der Waals surface area contributed by atoms with Crippen molar-refractivity contribution in [2.75, 3.05) is 11.4 Å². The van der Waals surface area contributed by atoms with Gasteiger partial charge < -0.3 is 14.7 Å². The number of anilines is 1. The van der Waals surface area contributed by atoms with Crippen LogP contribution in [0, 0.1) is 5.82 Å². The summed E-state index contributed by atoms with van der Waals surface area (Å²) in [5, 5.41) is 9.69. The normalized spacial score (nSPS) is 13.4. The fraction of sp³-hybridized carbons (Fsp3) is 0.333. The number of rotatable bonds is 7. The van der Waals surface area contributed by atoms with E-state index in [9.17, 15) is 35.8 Å². The van der Waals surface area contributed by atoms with E-state index in [4.69, 9.17) is 4.74 Å². The summed E-state index contributed by atoms with van der Waals surface area (Å²) < 4.78 is 99.4. The summed E-state index contributed by atoms with van der Waals surface area (Å²) in [6.45, 7) is 4.35. The average molecular weight is 529 g/mol. The third kappa shape index (κ3) is 7.38. The Morgan fingerprint density at radius 3 is 2.03 bits per heavy atom. The molecule has 1 atom stereocenters. The van der Waals surface area contributed by atoms with Crippen LogP contribution >= 0.6 is 0 Å². The molecule has 3 aromatic carbocycles. The largest absolute Gasteiger partial charge is 0.457 e. The second-order valence-corrected chi connectivity index (χ2v) is 9.59. The van der Waals surface area contributed by atoms with Crippen molar-refractivity contribution in [1.29, 1.82) is 0 Å². The molecule has 0 amide bonds. The van der Waals surface area contributed by atoms with E-state index in [2.05, 4.69) is 0 Å². The van der Waals surface area contributed by atoms with Gasteiger partial charge in [-0.05, 0) is 41.3 Å². The minimum absolute atomic E-state index is 0.0876. The van der Waals surface area contributed by atoms with E-state index < -0.39 is 48.5 Å². The van der Waals surface area contributed by atoms with Gasteiger partial charge in [-0.3, -0.25) is 0 Å². The zero-order valence-electron chi connectivity index (χ0n) is 20.3. The van der Waals surface area contributed by atoms with Crippen molar-refractivity contribution >= 4 is 5.69 Å². The number of ether oxygens (including phenoxy) is 1. The van der Waals surface area contributed by atoms with E-state index in [1.54, 1.807) is 18.2 Å². The molecule has 0 saturated carbocycles. The van der Waals surface area contributed by atoms with Gasteiger partial charge in [-0.2, -0.15) is 26.3 Å². The van der Waals surface area contributed by atoms with Crippen molar-refractivity contribution in [2.24, 2.45) is 0 Å². The molecule has 0 spiro atoms. The van der Waals surface area contributed by atoms with Gasteiger partial charge in [0.05, 0.1) is 12.1 Å². The van der Waals surface area contributed by atoms with Crippen LogP contribution in [0.25, 0.3) is 0 Å². The average Bonchev–Trinajstić information content (AvgIpc) is 2.78. The molecule has 0 fully saturated rings. The molecule has 0 saturated heterocycles. The SMILES string of the molecule is CC(C)(C)c1cccc(Oc2cccc(N(Cc3cccc(C(F)(F)F)c3F)C[C@@H](O)C(F)(F)F)c2)c1. The molecular weight excluding hydrogens is 503 g/mol. The lowest BCUT2D eigenvalue weighted by Crippen LogP contribution is -2.41. The predicted octanol–water partition coefficient (Wildman–Crippen LogP) is 7.86. The molecule has 10 heteroatoms. The standard InChI is InChI=1S/C27H26F7NO2/c1-25(2,3)18-8-5-10-20(13-18)37-21-11-6-9-19(14-21)35(16-23(36)27(32,33)34)15-17-7-4-12-22(24(17)28)26(29,30)31/h4-14,23,36H,15-16H2,1-3H3/t23-/m1/s1. The second kappa shape index (κ2) is 10.6. The molecule has 0 aliphatic heterocycles. The first-order valence-electron chi connectivity index (χ1n) is 11.3. The van der Waals surface area contributed by atoms with Gasteiger partial charge in [0.25, 0.3) is 0 Å². The van der Waals surface area contributed by atoms with Gasteiger partial charge >= 0.3 is 12.4 Å². The highest BCUT2D eigenvalue weighted by Gasteiger charge is 2.40. The number of aliphatic hydroxyl groups excluding tert-OH is 1. The first-order chi connectivity index (χ1) is 17.1. The summed E-state index contributed by atoms with van der Waals surface area (Å²) in [5.74, 6) is -0.886. The third-order valence-corrected chi connectivity index (χ3v) is 5.63. The Balaban J connectivity index is 1.96. The van der Waals surface area contributed by atoms with Crippen LogP contribution < -0.4 is 9.64 Å².